The van der Waals surface area contributed by atoms with E-state index in [0.717, 1.165) is 12.1 Å². The molecule has 0 bridgehead atoms. The van der Waals surface area contributed by atoms with Crippen LogP contribution in [0.15, 0.2) is 5.51 Å². The molecule has 1 aliphatic heterocycles. The van der Waals surface area contributed by atoms with Gasteiger partial charge in [-0.15, -0.1) is 11.3 Å². The van der Waals surface area contributed by atoms with E-state index in [2.05, 4.69) is 4.98 Å². The summed E-state index contributed by atoms with van der Waals surface area (Å²) in [6.45, 7) is 7.24. The van der Waals surface area contributed by atoms with Gasteiger partial charge in [-0.25, -0.2) is 13.4 Å². The fraction of sp³-hybridized carbons (Fsp3) is 0.733. The summed E-state index contributed by atoms with van der Waals surface area (Å²) in [5.74, 6) is -0.0124. The number of carbonyl (C=O) groups is 1. The van der Waals surface area contributed by atoms with Gasteiger partial charge >= 0.3 is 0 Å². The summed E-state index contributed by atoms with van der Waals surface area (Å²) in [6.07, 6.45) is 3.18. The number of aromatic nitrogens is 1. The number of amides is 1. The molecule has 1 fully saturated rings. The van der Waals surface area contributed by atoms with Gasteiger partial charge in [-0.05, 0) is 19.3 Å². The van der Waals surface area contributed by atoms with Crippen LogP contribution < -0.4 is 0 Å². The van der Waals surface area contributed by atoms with Crippen LogP contribution in [-0.4, -0.2) is 48.8 Å². The van der Waals surface area contributed by atoms with E-state index in [4.69, 9.17) is 0 Å². The van der Waals surface area contributed by atoms with Crippen molar-refractivity contribution >= 4 is 27.1 Å². The predicted molar refractivity (Wildman–Crippen MR) is 89.2 cm³/mol. The lowest BCUT2D eigenvalue weighted by Gasteiger charge is -2.23. The number of thiazole rings is 1. The number of rotatable bonds is 2. The van der Waals surface area contributed by atoms with Crippen LogP contribution in [0.25, 0.3) is 0 Å². The quantitative estimate of drug-likeness (QED) is 0.826. The molecular formula is C15H24N2O3S2. The molecule has 1 aromatic rings. The summed E-state index contributed by atoms with van der Waals surface area (Å²) in [6, 6.07) is 0. The SMILES string of the molecule is CC(C)(C)c1ncsc1C(=O)N1CCCC(S(C)(=O)=O)CC1. The molecule has 0 N–H and O–H groups in total. The second-order valence-electron chi connectivity index (χ2n) is 6.95. The lowest BCUT2D eigenvalue weighted by Crippen LogP contribution is -2.33. The fourth-order valence-corrected chi connectivity index (χ4v) is 4.87. The molecular weight excluding hydrogens is 320 g/mol. The Hall–Kier alpha value is -0.950. The van der Waals surface area contributed by atoms with Crippen molar-refractivity contribution in [3.05, 3.63) is 16.1 Å². The fourth-order valence-electron chi connectivity index (χ4n) is 2.77. The average molecular weight is 345 g/mol. The second kappa shape index (κ2) is 6.28. The number of likely N-dealkylation sites (tertiary alicyclic amines) is 1. The predicted octanol–water partition coefficient (Wildman–Crippen LogP) is 2.48. The molecule has 0 aliphatic carbocycles. The molecule has 1 unspecified atom stereocenters. The molecule has 1 aromatic heterocycles. The normalized spacial score (nSPS) is 20.7. The van der Waals surface area contributed by atoms with E-state index >= 15 is 0 Å². The van der Waals surface area contributed by atoms with E-state index in [-0.39, 0.29) is 16.6 Å². The van der Waals surface area contributed by atoms with Gasteiger partial charge in [0.2, 0.25) is 0 Å². The van der Waals surface area contributed by atoms with Crippen molar-refractivity contribution in [3.8, 4) is 0 Å². The molecule has 1 amide bonds. The van der Waals surface area contributed by atoms with E-state index < -0.39 is 9.84 Å². The Morgan fingerprint density at radius 2 is 2.00 bits per heavy atom. The molecule has 2 heterocycles. The molecule has 7 heteroatoms. The average Bonchev–Trinajstić information content (AvgIpc) is 2.74. The van der Waals surface area contributed by atoms with Crippen molar-refractivity contribution in [1.82, 2.24) is 9.88 Å². The number of nitrogens with zero attached hydrogens (tertiary/aromatic N) is 2. The van der Waals surface area contributed by atoms with Crippen molar-refractivity contribution in [1.29, 1.82) is 0 Å². The maximum absolute atomic E-state index is 12.8. The summed E-state index contributed by atoms with van der Waals surface area (Å²) in [7, 11) is -3.03. The van der Waals surface area contributed by atoms with Gasteiger partial charge in [0.25, 0.3) is 5.91 Å². The minimum Gasteiger partial charge on any atom is -0.338 e. The van der Waals surface area contributed by atoms with Crippen molar-refractivity contribution < 1.29 is 13.2 Å². The molecule has 5 nitrogen and oxygen atoms in total. The molecule has 0 saturated carbocycles. The molecule has 1 aliphatic rings. The zero-order chi connectivity index (χ0) is 16.5. The Morgan fingerprint density at radius 1 is 1.32 bits per heavy atom. The Kier molecular flexibility index (Phi) is 4.96. The first-order valence-corrected chi connectivity index (χ1v) is 10.4. The van der Waals surface area contributed by atoms with Crippen LogP contribution in [-0.2, 0) is 15.3 Å². The van der Waals surface area contributed by atoms with Crippen LogP contribution >= 0.6 is 11.3 Å². The van der Waals surface area contributed by atoms with Gasteiger partial charge in [0.1, 0.15) is 14.7 Å². The first-order chi connectivity index (χ1) is 10.1. The van der Waals surface area contributed by atoms with Crippen LogP contribution in [0.2, 0.25) is 0 Å². The van der Waals surface area contributed by atoms with Crippen LogP contribution in [0, 0.1) is 0 Å². The highest BCUT2D eigenvalue weighted by atomic mass is 32.2. The van der Waals surface area contributed by atoms with Crippen LogP contribution in [0.4, 0.5) is 0 Å². The highest BCUT2D eigenvalue weighted by Crippen LogP contribution is 2.29. The lowest BCUT2D eigenvalue weighted by atomic mass is 9.91. The second-order valence-corrected chi connectivity index (χ2v) is 10.1. The molecule has 1 atom stereocenters. The molecule has 2 rings (SSSR count). The molecule has 1 saturated heterocycles. The zero-order valence-electron chi connectivity index (χ0n) is 13.6. The number of hydrogen-bond donors (Lipinski definition) is 0. The highest BCUT2D eigenvalue weighted by molar-refractivity contribution is 7.91. The van der Waals surface area contributed by atoms with Crippen LogP contribution in [0.5, 0.6) is 0 Å². The maximum Gasteiger partial charge on any atom is 0.265 e. The van der Waals surface area contributed by atoms with E-state index in [1.807, 2.05) is 20.8 Å². The molecule has 124 valence electrons. The van der Waals surface area contributed by atoms with Gasteiger partial charge in [-0.2, -0.15) is 0 Å². The number of sulfone groups is 1. The summed E-state index contributed by atoms with van der Waals surface area (Å²) < 4.78 is 23.4. The minimum absolute atomic E-state index is 0.0124. The topological polar surface area (TPSA) is 67.3 Å². The van der Waals surface area contributed by atoms with Crippen molar-refractivity contribution in [2.75, 3.05) is 19.3 Å². The smallest absolute Gasteiger partial charge is 0.265 e. The van der Waals surface area contributed by atoms with E-state index in [9.17, 15) is 13.2 Å². The van der Waals surface area contributed by atoms with Gasteiger partial charge in [-0.1, -0.05) is 20.8 Å². The Morgan fingerprint density at radius 3 is 2.59 bits per heavy atom. The zero-order valence-corrected chi connectivity index (χ0v) is 15.3. The van der Waals surface area contributed by atoms with Gasteiger partial charge in [0.05, 0.1) is 16.5 Å². The van der Waals surface area contributed by atoms with E-state index in [1.54, 1.807) is 10.4 Å². The van der Waals surface area contributed by atoms with Crippen LogP contribution in [0.1, 0.15) is 55.4 Å². The van der Waals surface area contributed by atoms with E-state index in [0.29, 0.717) is 30.8 Å². The summed E-state index contributed by atoms with van der Waals surface area (Å²) in [4.78, 5) is 19.6. The highest BCUT2D eigenvalue weighted by Gasteiger charge is 2.31. The Labute approximate surface area is 136 Å². The van der Waals surface area contributed by atoms with Gasteiger partial charge < -0.3 is 4.90 Å². The van der Waals surface area contributed by atoms with Gasteiger partial charge in [0.15, 0.2) is 0 Å². The third-order valence-electron chi connectivity index (χ3n) is 4.04. The first-order valence-electron chi connectivity index (χ1n) is 7.53. The summed E-state index contributed by atoms with van der Waals surface area (Å²) in [5.41, 5.74) is 2.36. The minimum atomic E-state index is -3.03. The van der Waals surface area contributed by atoms with Gasteiger partial charge in [0, 0.05) is 24.8 Å². The van der Waals surface area contributed by atoms with E-state index in [1.165, 1.54) is 17.6 Å². The molecule has 0 spiro atoms. The van der Waals surface area contributed by atoms with Crippen molar-refractivity contribution in [2.24, 2.45) is 0 Å². The first kappa shape index (κ1) is 17.4. The van der Waals surface area contributed by atoms with Crippen molar-refractivity contribution in [2.45, 2.75) is 50.7 Å². The molecule has 0 aromatic carbocycles. The maximum atomic E-state index is 12.8. The van der Waals surface area contributed by atoms with Crippen molar-refractivity contribution in [3.63, 3.8) is 0 Å². The number of carbonyl (C=O) groups excluding carboxylic acids is 1. The summed E-state index contributed by atoms with van der Waals surface area (Å²) >= 11 is 1.37. The largest absolute Gasteiger partial charge is 0.338 e. The molecule has 0 radical (unpaired) electrons. The number of hydrogen-bond acceptors (Lipinski definition) is 5. The third kappa shape index (κ3) is 3.87. The van der Waals surface area contributed by atoms with Gasteiger partial charge in [-0.3, -0.25) is 4.79 Å². The Bertz CT molecular complexity index is 644. The standard InChI is InChI=1S/C15H24N2O3S2/c1-15(2,3)13-12(21-10-16-13)14(18)17-8-5-6-11(7-9-17)22(4,19)20/h10-11H,5-9H2,1-4H3. The monoisotopic (exact) mass is 344 g/mol. The molecule has 22 heavy (non-hydrogen) atoms. The summed E-state index contributed by atoms with van der Waals surface area (Å²) in [5, 5.41) is -0.325. The van der Waals surface area contributed by atoms with Crippen LogP contribution in [0.3, 0.4) is 0 Å². The third-order valence-corrected chi connectivity index (χ3v) is 6.54. The lowest BCUT2D eigenvalue weighted by molar-refractivity contribution is 0.0764. The Balaban J connectivity index is 2.16.